The fraction of sp³-hybridized carbons (Fsp3) is 0.938. The van der Waals surface area contributed by atoms with Crippen LogP contribution in [0.5, 0.6) is 0 Å². The predicted molar refractivity (Wildman–Crippen MR) is 90.0 cm³/mol. The fourth-order valence-corrected chi connectivity index (χ4v) is 2.60. The fourth-order valence-electron chi connectivity index (χ4n) is 2.60. The molecule has 0 aromatic heterocycles. The molecule has 1 saturated heterocycles. The molecule has 0 aromatic carbocycles. The number of likely N-dealkylation sites (tertiary alicyclic amines) is 1. The van der Waals surface area contributed by atoms with Gasteiger partial charge in [0, 0.05) is 25.2 Å². The molecule has 0 radical (unpaired) electrons. The molecule has 1 rings (SSSR count). The minimum absolute atomic E-state index is 0.128. The lowest BCUT2D eigenvalue weighted by Gasteiger charge is -2.40. The first-order chi connectivity index (χ1) is 10.1. The molecule has 1 aliphatic rings. The van der Waals surface area contributed by atoms with Crippen molar-refractivity contribution >= 4 is 5.96 Å². The van der Waals surface area contributed by atoms with Crippen LogP contribution in [-0.4, -0.2) is 62.3 Å². The molecule has 124 valence electrons. The van der Waals surface area contributed by atoms with Gasteiger partial charge in [0.2, 0.25) is 0 Å². The second-order valence-corrected chi connectivity index (χ2v) is 6.18. The van der Waals surface area contributed by atoms with Crippen LogP contribution in [0.4, 0.5) is 0 Å². The first kappa shape index (κ1) is 18.2. The van der Waals surface area contributed by atoms with E-state index in [0.717, 1.165) is 38.8 Å². The van der Waals surface area contributed by atoms with E-state index in [4.69, 9.17) is 9.73 Å². The van der Waals surface area contributed by atoms with Crippen LogP contribution in [0.3, 0.4) is 0 Å². The van der Waals surface area contributed by atoms with E-state index in [2.05, 4.69) is 36.3 Å². The number of piperidine rings is 1. The Hall–Kier alpha value is -0.810. The van der Waals surface area contributed by atoms with Crippen molar-refractivity contribution in [3.63, 3.8) is 0 Å². The number of rotatable bonds is 8. The highest BCUT2D eigenvalue weighted by molar-refractivity contribution is 5.79. The van der Waals surface area contributed by atoms with E-state index in [-0.39, 0.29) is 5.54 Å². The molecule has 5 heteroatoms. The molecule has 2 N–H and O–H groups in total. The van der Waals surface area contributed by atoms with Crippen molar-refractivity contribution in [3.05, 3.63) is 0 Å². The van der Waals surface area contributed by atoms with E-state index in [0.29, 0.717) is 0 Å². The maximum atomic E-state index is 5.35. The smallest absolute Gasteiger partial charge is 0.191 e. The molecule has 1 fully saturated rings. The quantitative estimate of drug-likeness (QED) is 0.408. The van der Waals surface area contributed by atoms with Gasteiger partial charge in [-0.1, -0.05) is 6.42 Å². The minimum Gasteiger partial charge on any atom is -0.380 e. The van der Waals surface area contributed by atoms with Crippen LogP contribution < -0.4 is 10.6 Å². The summed E-state index contributed by atoms with van der Waals surface area (Å²) in [6.45, 7) is 15.1. The van der Waals surface area contributed by atoms with E-state index in [1.807, 2.05) is 6.92 Å². The van der Waals surface area contributed by atoms with Gasteiger partial charge in [-0.25, -0.2) is 0 Å². The Kier molecular flexibility index (Phi) is 8.69. The molecular weight excluding hydrogens is 264 g/mol. The van der Waals surface area contributed by atoms with Gasteiger partial charge in [-0.05, 0) is 53.6 Å². The van der Waals surface area contributed by atoms with Crippen molar-refractivity contribution in [3.8, 4) is 0 Å². The Labute approximate surface area is 130 Å². The van der Waals surface area contributed by atoms with E-state index < -0.39 is 0 Å². The topological polar surface area (TPSA) is 48.9 Å². The Morgan fingerprint density at radius 3 is 2.48 bits per heavy atom. The molecule has 0 aliphatic carbocycles. The van der Waals surface area contributed by atoms with E-state index in [1.165, 1.54) is 32.4 Å². The van der Waals surface area contributed by atoms with Gasteiger partial charge in [0.05, 0.1) is 13.2 Å². The molecule has 0 saturated carbocycles. The number of ether oxygens (including phenoxy) is 1. The minimum atomic E-state index is 0.128. The predicted octanol–water partition coefficient (Wildman–Crippen LogP) is 1.84. The summed E-state index contributed by atoms with van der Waals surface area (Å²) in [7, 11) is 0. The van der Waals surface area contributed by atoms with Crippen molar-refractivity contribution in [2.75, 3.05) is 45.9 Å². The van der Waals surface area contributed by atoms with Crippen molar-refractivity contribution < 1.29 is 4.74 Å². The van der Waals surface area contributed by atoms with Gasteiger partial charge in [0.15, 0.2) is 5.96 Å². The number of aliphatic imine (C=N–C) groups is 1. The Bertz CT molecular complexity index is 299. The molecule has 0 unspecified atom stereocenters. The summed E-state index contributed by atoms with van der Waals surface area (Å²) in [4.78, 5) is 7.33. The molecule has 5 nitrogen and oxygen atoms in total. The monoisotopic (exact) mass is 298 g/mol. The normalized spacial score (nSPS) is 17.8. The number of hydrogen-bond donors (Lipinski definition) is 2. The number of hydrogen-bond acceptors (Lipinski definition) is 3. The largest absolute Gasteiger partial charge is 0.380 e. The zero-order chi connectivity index (χ0) is 15.6. The SMILES string of the molecule is CCNC(=NCC(C)(C)N1CCCCC1)NCCOCC. The second kappa shape index (κ2) is 10.0. The van der Waals surface area contributed by atoms with Gasteiger partial charge in [-0.2, -0.15) is 0 Å². The van der Waals surface area contributed by atoms with E-state index in [1.54, 1.807) is 0 Å². The third-order valence-corrected chi connectivity index (χ3v) is 3.92. The van der Waals surface area contributed by atoms with Gasteiger partial charge >= 0.3 is 0 Å². The first-order valence-electron chi connectivity index (χ1n) is 8.45. The van der Waals surface area contributed by atoms with E-state index >= 15 is 0 Å². The third-order valence-electron chi connectivity index (χ3n) is 3.92. The van der Waals surface area contributed by atoms with E-state index in [9.17, 15) is 0 Å². The maximum Gasteiger partial charge on any atom is 0.191 e. The molecule has 0 aromatic rings. The molecule has 0 amide bonds. The molecule has 0 bridgehead atoms. The van der Waals surface area contributed by atoms with Crippen LogP contribution in [0.1, 0.15) is 47.0 Å². The van der Waals surface area contributed by atoms with Gasteiger partial charge in [0.25, 0.3) is 0 Å². The summed E-state index contributed by atoms with van der Waals surface area (Å²) in [5.74, 6) is 0.891. The molecular formula is C16H34N4O. The average Bonchev–Trinajstić information content (AvgIpc) is 2.50. The van der Waals surface area contributed by atoms with Crippen LogP contribution in [0, 0.1) is 0 Å². The highest BCUT2D eigenvalue weighted by Crippen LogP contribution is 2.20. The van der Waals surface area contributed by atoms with Gasteiger partial charge in [0.1, 0.15) is 0 Å². The second-order valence-electron chi connectivity index (χ2n) is 6.18. The highest BCUT2D eigenvalue weighted by atomic mass is 16.5. The molecule has 1 aliphatic heterocycles. The molecule has 21 heavy (non-hydrogen) atoms. The van der Waals surface area contributed by atoms with Crippen molar-refractivity contribution in [2.45, 2.75) is 52.5 Å². The third kappa shape index (κ3) is 7.14. The van der Waals surface area contributed by atoms with Crippen molar-refractivity contribution in [1.82, 2.24) is 15.5 Å². The summed E-state index contributed by atoms with van der Waals surface area (Å²) >= 11 is 0. The molecule has 0 spiro atoms. The van der Waals surface area contributed by atoms with Crippen molar-refractivity contribution in [2.24, 2.45) is 4.99 Å². The Morgan fingerprint density at radius 1 is 1.14 bits per heavy atom. The zero-order valence-corrected chi connectivity index (χ0v) is 14.4. The lowest BCUT2D eigenvalue weighted by Crippen LogP contribution is -2.49. The highest BCUT2D eigenvalue weighted by Gasteiger charge is 2.27. The summed E-state index contributed by atoms with van der Waals surface area (Å²) in [6, 6.07) is 0. The summed E-state index contributed by atoms with van der Waals surface area (Å²) < 4.78 is 5.35. The van der Waals surface area contributed by atoms with Gasteiger partial charge < -0.3 is 15.4 Å². The van der Waals surface area contributed by atoms with Gasteiger partial charge in [-0.3, -0.25) is 9.89 Å². The average molecular weight is 298 g/mol. The summed E-state index contributed by atoms with van der Waals surface area (Å²) in [5.41, 5.74) is 0.128. The Balaban J connectivity index is 2.46. The summed E-state index contributed by atoms with van der Waals surface area (Å²) in [6.07, 6.45) is 4.01. The van der Waals surface area contributed by atoms with Crippen LogP contribution in [0.25, 0.3) is 0 Å². The number of nitrogens with zero attached hydrogens (tertiary/aromatic N) is 2. The van der Waals surface area contributed by atoms with Gasteiger partial charge in [-0.15, -0.1) is 0 Å². The van der Waals surface area contributed by atoms with Crippen LogP contribution in [0.15, 0.2) is 4.99 Å². The standard InChI is InChI=1S/C16H34N4O/c1-5-17-15(18-10-13-21-6-2)19-14-16(3,4)20-11-8-7-9-12-20/h5-14H2,1-4H3,(H2,17,18,19). The van der Waals surface area contributed by atoms with Crippen LogP contribution >= 0.6 is 0 Å². The lowest BCUT2D eigenvalue weighted by molar-refractivity contribution is 0.102. The first-order valence-corrected chi connectivity index (χ1v) is 8.45. The lowest BCUT2D eigenvalue weighted by atomic mass is 9.99. The van der Waals surface area contributed by atoms with Crippen molar-refractivity contribution in [1.29, 1.82) is 0 Å². The maximum absolute atomic E-state index is 5.35. The Morgan fingerprint density at radius 2 is 1.86 bits per heavy atom. The van der Waals surface area contributed by atoms with Crippen LogP contribution in [0.2, 0.25) is 0 Å². The zero-order valence-electron chi connectivity index (χ0n) is 14.4. The molecule has 0 atom stereocenters. The molecule has 1 heterocycles. The number of nitrogens with one attached hydrogen (secondary N) is 2. The number of guanidine groups is 1. The van der Waals surface area contributed by atoms with Crippen LogP contribution in [-0.2, 0) is 4.74 Å². The summed E-state index contributed by atoms with van der Waals surface area (Å²) in [5, 5.41) is 6.63.